The predicted octanol–water partition coefficient (Wildman–Crippen LogP) is 1.91. The fraction of sp³-hybridized carbons (Fsp3) is 0.941. The molecule has 2 aliphatic rings. The van der Waals surface area contributed by atoms with Gasteiger partial charge in [-0.05, 0) is 52.9 Å². The van der Waals surface area contributed by atoms with E-state index < -0.39 is 5.60 Å². The van der Waals surface area contributed by atoms with E-state index in [-0.39, 0.29) is 24.3 Å². The quantitative estimate of drug-likeness (QED) is 0.825. The standard InChI is InChI=1S/C17H32N2O4/c1-16(2,3)23-15(21)19-9-5-4-6-14(19)12-18-17(13-20)7-10-22-11-8-17/h14,18,20H,4-13H2,1-3H3. The Morgan fingerprint density at radius 3 is 2.65 bits per heavy atom. The average molecular weight is 328 g/mol. The number of rotatable bonds is 4. The van der Waals surface area contributed by atoms with Gasteiger partial charge in [0.2, 0.25) is 0 Å². The molecular formula is C17H32N2O4. The first-order valence-corrected chi connectivity index (χ1v) is 8.78. The van der Waals surface area contributed by atoms with E-state index in [1.165, 1.54) is 0 Å². The SMILES string of the molecule is CC(C)(C)OC(=O)N1CCCCC1CNC1(CO)CCOCC1. The van der Waals surface area contributed by atoms with Gasteiger partial charge in [0, 0.05) is 37.9 Å². The van der Waals surface area contributed by atoms with E-state index in [9.17, 15) is 9.90 Å². The Balaban J connectivity index is 1.94. The van der Waals surface area contributed by atoms with Crippen LogP contribution in [0.1, 0.15) is 52.9 Å². The van der Waals surface area contributed by atoms with Crippen LogP contribution in [-0.2, 0) is 9.47 Å². The molecule has 2 heterocycles. The smallest absolute Gasteiger partial charge is 0.410 e. The number of likely N-dealkylation sites (tertiary alicyclic amines) is 1. The predicted molar refractivity (Wildman–Crippen MR) is 88.5 cm³/mol. The first-order valence-electron chi connectivity index (χ1n) is 8.78. The zero-order chi connectivity index (χ0) is 16.9. The third kappa shape index (κ3) is 5.33. The van der Waals surface area contributed by atoms with Crippen LogP contribution in [0, 0.1) is 0 Å². The summed E-state index contributed by atoms with van der Waals surface area (Å²) in [5.41, 5.74) is -0.741. The van der Waals surface area contributed by atoms with Crippen LogP contribution in [0.5, 0.6) is 0 Å². The zero-order valence-corrected chi connectivity index (χ0v) is 14.8. The lowest BCUT2D eigenvalue weighted by Crippen LogP contribution is -2.58. The Morgan fingerprint density at radius 2 is 2.04 bits per heavy atom. The number of amides is 1. The highest BCUT2D eigenvalue weighted by Crippen LogP contribution is 2.23. The third-order valence-electron chi connectivity index (χ3n) is 4.72. The summed E-state index contributed by atoms with van der Waals surface area (Å²) in [6.45, 7) is 8.58. The van der Waals surface area contributed by atoms with Gasteiger partial charge in [0.1, 0.15) is 5.60 Å². The van der Waals surface area contributed by atoms with Crippen molar-refractivity contribution in [3.05, 3.63) is 0 Å². The van der Waals surface area contributed by atoms with Crippen molar-refractivity contribution in [3.63, 3.8) is 0 Å². The molecule has 23 heavy (non-hydrogen) atoms. The van der Waals surface area contributed by atoms with E-state index in [2.05, 4.69) is 5.32 Å². The molecule has 0 spiro atoms. The summed E-state index contributed by atoms with van der Waals surface area (Å²) in [5, 5.41) is 13.3. The molecule has 6 heteroatoms. The molecule has 0 bridgehead atoms. The first kappa shape index (κ1) is 18.5. The minimum atomic E-state index is -0.473. The van der Waals surface area contributed by atoms with Crippen LogP contribution >= 0.6 is 0 Å². The summed E-state index contributed by atoms with van der Waals surface area (Å²) in [4.78, 5) is 14.3. The van der Waals surface area contributed by atoms with E-state index in [1.54, 1.807) is 0 Å². The number of hydrogen-bond acceptors (Lipinski definition) is 5. The molecule has 0 aromatic carbocycles. The van der Waals surface area contributed by atoms with Gasteiger partial charge in [0.25, 0.3) is 0 Å². The third-order valence-corrected chi connectivity index (χ3v) is 4.72. The van der Waals surface area contributed by atoms with Crippen LogP contribution in [0.3, 0.4) is 0 Å². The minimum absolute atomic E-state index is 0.107. The van der Waals surface area contributed by atoms with Crippen LogP contribution in [-0.4, -0.2) is 66.2 Å². The molecule has 1 atom stereocenters. The normalized spacial score (nSPS) is 25.2. The highest BCUT2D eigenvalue weighted by molar-refractivity contribution is 5.68. The van der Waals surface area contributed by atoms with Gasteiger partial charge in [0.15, 0.2) is 0 Å². The molecule has 1 unspecified atom stereocenters. The minimum Gasteiger partial charge on any atom is -0.444 e. The van der Waals surface area contributed by atoms with E-state index in [1.807, 2.05) is 25.7 Å². The van der Waals surface area contributed by atoms with Gasteiger partial charge >= 0.3 is 6.09 Å². The Kier molecular flexibility index (Phi) is 6.28. The Morgan fingerprint density at radius 1 is 1.35 bits per heavy atom. The number of nitrogens with one attached hydrogen (secondary N) is 1. The van der Waals surface area contributed by atoms with Crippen molar-refractivity contribution in [2.24, 2.45) is 0 Å². The number of ether oxygens (including phenoxy) is 2. The number of carbonyl (C=O) groups is 1. The van der Waals surface area contributed by atoms with E-state index in [4.69, 9.17) is 9.47 Å². The van der Waals surface area contributed by atoms with E-state index in [0.29, 0.717) is 19.8 Å². The highest BCUT2D eigenvalue weighted by Gasteiger charge is 2.35. The molecule has 0 saturated carbocycles. The summed E-state index contributed by atoms with van der Waals surface area (Å²) in [6, 6.07) is 0.130. The van der Waals surface area contributed by atoms with Gasteiger partial charge in [-0.2, -0.15) is 0 Å². The molecule has 1 amide bonds. The second-order valence-electron chi connectivity index (χ2n) is 7.76. The second kappa shape index (κ2) is 7.81. The summed E-state index contributed by atoms with van der Waals surface area (Å²) in [6.07, 6.45) is 4.51. The van der Waals surface area contributed by atoms with Gasteiger partial charge < -0.3 is 24.8 Å². The van der Waals surface area contributed by atoms with Crippen molar-refractivity contribution >= 4 is 6.09 Å². The Labute approximate surface area is 139 Å². The average Bonchev–Trinajstić information content (AvgIpc) is 2.52. The van der Waals surface area contributed by atoms with Crippen LogP contribution in [0.4, 0.5) is 4.79 Å². The molecule has 0 aromatic rings. The number of hydrogen-bond donors (Lipinski definition) is 2. The zero-order valence-electron chi connectivity index (χ0n) is 14.8. The summed E-state index contributed by atoms with van der Waals surface area (Å²) in [5.74, 6) is 0. The Bertz CT molecular complexity index is 389. The number of carbonyl (C=O) groups excluding carboxylic acids is 1. The van der Waals surface area contributed by atoms with Crippen LogP contribution < -0.4 is 5.32 Å². The van der Waals surface area contributed by atoms with Crippen LogP contribution in [0.15, 0.2) is 0 Å². The van der Waals surface area contributed by atoms with Crippen LogP contribution in [0.25, 0.3) is 0 Å². The number of aliphatic hydroxyl groups excluding tert-OH is 1. The second-order valence-corrected chi connectivity index (χ2v) is 7.76. The summed E-state index contributed by atoms with van der Waals surface area (Å²) < 4.78 is 10.9. The Hall–Kier alpha value is -0.850. The summed E-state index contributed by atoms with van der Waals surface area (Å²) >= 11 is 0. The lowest BCUT2D eigenvalue weighted by atomic mass is 9.90. The largest absolute Gasteiger partial charge is 0.444 e. The first-order chi connectivity index (χ1) is 10.9. The van der Waals surface area contributed by atoms with Gasteiger partial charge in [-0.1, -0.05) is 0 Å². The van der Waals surface area contributed by atoms with E-state index in [0.717, 1.165) is 38.6 Å². The molecule has 0 radical (unpaired) electrons. The number of nitrogens with zero attached hydrogens (tertiary/aromatic N) is 1. The maximum Gasteiger partial charge on any atom is 0.410 e. The molecule has 2 rings (SSSR count). The molecule has 2 aliphatic heterocycles. The highest BCUT2D eigenvalue weighted by atomic mass is 16.6. The fourth-order valence-electron chi connectivity index (χ4n) is 3.26. The van der Waals surface area contributed by atoms with Crippen molar-refractivity contribution in [2.45, 2.75) is 70.1 Å². The van der Waals surface area contributed by atoms with Crippen molar-refractivity contribution in [1.29, 1.82) is 0 Å². The fourth-order valence-corrected chi connectivity index (χ4v) is 3.26. The monoisotopic (exact) mass is 328 g/mol. The van der Waals surface area contributed by atoms with Gasteiger partial charge in [-0.15, -0.1) is 0 Å². The molecule has 2 N–H and O–H groups in total. The number of piperidine rings is 1. The topological polar surface area (TPSA) is 71.0 Å². The number of aliphatic hydroxyl groups is 1. The van der Waals surface area contributed by atoms with Crippen molar-refractivity contribution < 1.29 is 19.4 Å². The van der Waals surface area contributed by atoms with E-state index >= 15 is 0 Å². The lowest BCUT2D eigenvalue weighted by Gasteiger charge is -2.41. The molecule has 0 aliphatic carbocycles. The molecule has 6 nitrogen and oxygen atoms in total. The van der Waals surface area contributed by atoms with Crippen molar-refractivity contribution in [1.82, 2.24) is 10.2 Å². The van der Waals surface area contributed by atoms with Crippen molar-refractivity contribution in [3.8, 4) is 0 Å². The molecule has 2 saturated heterocycles. The maximum atomic E-state index is 12.4. The molecule has 2 fully saturated rings. The van der Waals surface area contributed by atoms with Crippen LogP contribution in [0.2, 0.25) is 0 Å². The lowest BCUT2D eigenvalue weighted by molar-refractivity contribution is -0.00321. The van der Waals surface area contributed by atoms with Crippen molar-refractivity contribution in [2.75, 3.05) is 32.9 Å². The molecule has 134 valence electrons. The summed E-state index contributed by atoms with van der Waals surface area (Å²) in [7, 11) is 0. The van der Waals surface area contributed by atoms with Gasteiger partial charge in [-0.25, -0.2) is 4.79 Å². The maximum absolute atomic E-state index is 12.4. The van der Waals surface area contributed by atoms with Gasteiger partial charge in [0.05, 0.1) is 6.61 Å². The molecule has 0 aromatic heterocycles. The molecular weight excluding hydrogens is 296 g/mol. The van der Waals surface area contributed by atoms with Gasteiger partial charge in [-0.3, -0.25) is 0 Å².